The predicted octanol–water partition coefficient (Wildman–Crippen LogP) is 2.96. The molecule has 0 unspecified atom stereocenters. The maximum Gasteiger partial charge on any atom is 0.255 e. The normalized spacial score (nSPS) is 12.7. The average Bonchev–Trinajstić information content (AvgIpc) is 2.88. The van der Waals surface area contributed by atoms with Gasteiger partial charge in [-0.2, -0.15) is 0 Å². The summed E-state index contributed by atoms with van der Waals surface area (Å²) in [5.41, 5.74) is 3.43. The van der Waals surface area contributed by atoms with Crippen molar-refractivity contribution >= 4 is 28.9 Å². The van der Waals surface area contributed by atoms with Crippen LogP contribution in [0.5, 0.6) is 0 Å². The van der Waals surface area contributed by atoms with Crippen LogP contribution < -0.4 is 10.6 Å². The van der Waals surface area contributed by atoms with E-state index in [4.69, 9.17) is 11.6 Å². The second-order valence-electron chi connectivity index (χ2n) is 4.36. The van der Waals surface area contributed by atoms with Crippen LogP contribution in [0.25, 0.3) is 0 Å². The summed E-state index contributed by atoms with van der Waals surface area (Å²) in [6.07, 6.45) is 4.07. The number of aromatic nitrogens is 1. The van der Waals surface area contributed by atoms with Crippen molar-refractivity contribution in [3.8, 4) is 0 Å². The maximum atomic E-state index is 12.1. The number of halogens is 1. The van der Waals surface area contributed by atoms with Gasteiger partial charge in [0.2, 0.25) is 0 Å². The van der Waals surface area contributed by atoms with Crippen LogP contribution in [-0.4, -0.2) is 17.4 Å². The van der Waals surface area contributed by atoms with Crippen LogP contribution in [0.15, 0.2) is 36.7 Å². The van der Waals surface area contributed by atoms with E-state index in [0.29, 0.717) is 16.3 Å². The van der Waals surface area contributed by atoms with Crippen LogP contribution in [0.4, 0.5) is 11.4 Å². The molecule has 0 saturated heterocycles. The lowest BCUT2D eigenvalue weighted by atomic mass is 10.1. The number of carbonyl (C=O) groups is 1. The summed E-state index contributed by atoms with van der Waals surface area (Å²) in [5.74, 6) is -0.176. The lowest BCUT2D eigenvalue weighted by molar-refractivity contribution is 0.102. The molecule has 0 radical (unpaired) electrons. The van der Waals surface area contributed by atoms with Crippen LogP contribution >= 0.6 is 11.6 Å². The van der Waals surface area contributed by atoms with Gasteiger partial charge in [0.15, 0.2) is 0 Å². The van der Waals surface area contributed by atoms with Crippen molar-refractivity contribution in [2.24, 2.45) is 0 Å². The third-order valence-corrected chi connectivity index (χ3v) is 3.42. The molecule has 19 heavy (non-hydrogen) atoms. The molecule has 1 aliphatic rings. The minimum absolute atomic E-state index is 0.176. The fourth-order valence-corrected chi connectivity index (χ4v) is 2.26. The molecule has 1 amide bonds. The first-order valence-corrected chi connectivity index (χ1v) is 6.39. The number of amides is 1. The maximum absolute atomic E-state index is 12.1. The number of hydrogen-bond donors (Lipinski definition) is 2. The van der Waals surface area contributed by atoms with Gasteiger partial charge in [0.05, 0.1) is 16.9 Å². The number of nitrogens with one attached hydrogen (secondary N) is 2. The number of nitrogens with zero attached hydrogens (tertiary/aromatic N) is 1. The van der Waals surface area contributed by atoms with Gasteiger partial charge in [0.1, 0.15) is 0 Å². The monoisotopic (exact) mass is 273 g/mol. The molecule has 2 aromatic rings. The fourth-order valence-electron chi connectivity index (χ4n) is 2.11. The van der Waals surface area contributed by atoms with E-state index in [2.05, 4.69) is 15.6 Å². The minimum atomic E-state index is -0.176. The van der Waals surface area contributed by atoms with Gasteiger partial charge in [-0.25, -0.2) is 0 Å². The summed E-state index contributed by atoms with van der Waals surface area (Å²) in [7, 11) is 0. The molecule has 0 aliphatic carbocycles. The van der Waals surface area contributed by atoms with Crippen molar-refractivity contribution in [3.05, 3.63) is 52.8 Å². The third kappa shape index (κ3) is 2.39. The highest BCUT2D eigenvalue weighted by Gasteiger charge is 2.14. The Morgan fingerprint density at radius 1 is 1.37 bits per heavy atom. The second kappa shape index (κ2) is 4.90. The quantitative estimate of drug-likeness (QED) is 0.884. The Balaban J connectivity index is 1.83. The molecule has 0 atom stereocenters. The molecule has 0 bridgehead atoms. The number of anilines is 2. The van der Waals surface area contributed by atoms with E-state index in [0.717, 1.165) is 18.7 Å². The SMILES string of the molecule is O=C(Nc1cnccc1Cl)c1ccc2c(c1)CCN2. The highest BCUT2D eigenvalue weighted by molar-refractivity contribution is 6.33. The summed E-state index contributed by atoms with van der Waals surface area (Å²) in [4.78, 5) is 16.1. The highest BCUT2D eigenvalue weighted by Crippen LogP contribution is 2.24. The number of benzene rings is 1. The van der Waals surface area contributed by atoms with Gasteiger partial charge in [0, 0.05) is 24.0 Å². The zero-order chi connectivity index (χ0) is 13.2. The van der Waals surface area contributed by atoms with E-state index in [-0.39, 0.29) is 5.91 Å². The van der Waals surface area contributed by atoms with Crippen LogP contribution in [0.1, 0.15) is 15.9 Å². The molecule has 1 aromatic carbocycles. The Morgan fingerprint density at radius 3 is 3.11 bits per heavy atom. The number of fused-ring (bicyclic) bond motifs is 1. The van der Waals surface area contributed by atoms with E-state index in [1.54, 1.807) is 18.3 Å². The largest absolute Gasteiger partial charge is 0.384 e. The van der Waals surface area contributed by atoms with E-state index >= 15 is 0 Å². The van der Waals surface area contributed by atoms with Gasteiger partial charge in [0.25, 0.3) is 5.91 Å². The van der Waals surface area contributed by atoms with Crippen LogP contribution in [0.3, 0.4) is 0 Å². The molecule has 0 fully saturated rings. The van der Waals surface area contributed by atoms with Crippen molar-refractivity contribution in [2.45, 2.75) is 6.42 Å². The second-order valence-corrected chi connectivity index (χ2v) is 4.77. The van der Waals surface area contributed by atoms with Crippen LogP contribution in [-0.2, 0) is 6.42 Å². The topological polar surface area (TPSA) is 54.0 Å². The van der Waals surface area contributed by atoms with Gasteiger partial charge in [-0.05, 0) is 36.2 Å². The first-order chi connectivity index (χ1) is 9.24. The number of rotatable bonds is 2. The molecule has 0 spiro atoms. The Bertz CT molecular complexity index is 642. The van der Waals surface area contributed by atoms with Gasteiger partial charge in [-0.1, -0.05) is 11.6 Å². The molecular weight excluding hydrogens is 262 g/mol. The van der Waals surface area contributed by atoms with Gasteiger partial charge >= 0.3 is 0 Å². The first kappa shape index (κ1) is 12.0. The fraction of sp³-hybridized carbons (Fsp3) is 0.143. The summed E-state index contributed by atoms with van der Waals surface area (Å²) >= 11 is 5.98. The molecule has 4 nitrogen and oxygen atoms in total. The smallest absolute Gasteiger partial charge is 0.255 e. The van der Waals surface area contributed by atoms with E-state index in [9.17, 15) is 4.79 Å². The van der Waals surface area contributed by atoms with Crippen molar-refractivity contribution in [3.63, 3.8) is 0 Å². The predicted molar refractivity (Wildman–Crippen MR) is 75.8 cm³/mol. The van der Waals surface area contributed by atoms with Crippen molar-refractivity contribution < 1.29 is 4.79 Å². The van der Waals surface area contributed by atoms with Gasteiger partial charge in [-0.3, -0.25) is 9.78 Å². The van der Waals surface area contributed by atoms with E-state index < -0.39 is 0 Å². The van der Waals surface area contributed by atoms with Crippen LogP contribution in [0.2, 0.25) is 5.02 Å². The lowest BCUT2D eigenvalue weighted by Crippen LogP contribution is -2.12. The van der Waals surface area contributed by atoms with E-state index in [1.165, 1.54) is 11.8 Å². The Labute approximate surface area is 115 Å². The molecule has 1 aliphatic heterocycles. The molecule has 1 aromatic heterocycles. The zero-order valence-electron chi connectivity index (χ0n) is 10.1. The van der Waals surface area contributed by atoms with Crippen molar-refractivity contribution in [1.29, 1.82) is 0 Å². The minimum Gasteiger partial charge on any atom is -0.384 e. The molecule has 96 valence electrons. The van der Waals surface area contributed by atoms with Crippen molar-refractivity contribution in [1.82, 2.24) is 4.98 Å². The van der Waals surface area contributed by atoms with Gasteiger partial charge in [-0.15, -0.1) is 0 Å². The zero-order valence-corrected chi connectivity index (χ0v) is 10.9. The van der Waals surface area contributed by atoms with Gasteiger partial charge < -0.3 is 10.6 Å². The Hall–Kier alpha value is -2.07. The first-order valence-electron chi connectivity index (χ1n) is 6.02. The third-order valence-electron chi connectivity index (χ3n) is 3.09. The summed E-state index contributed by atoms with van der Waals surface area (Å²) in [6, 6.07) is 7.29. The van der Waals surface area contributed by atoms with Crippen LogP contribution in [0, 0.1) is 0 Å². The molecule has 5 heteroatoms. The highest BCUT2D eigenvalue weighted by atomic mass is 35.5. The Kier molecular flexibility index (Phi) is 3.09. The molecular formula is C14H12ClN3O. The summed E-state index contributed by atoms with van der Waals surface area (Å²) in [5, 5.41) is 6.50. The Morgan fingerprint density at radius 2 is 2.26 bits per heavy atom. The number of carbonyl (C=O) groups excluding carboxylic acids is 1. The summed E-state index contributed by atoms with van der Waals surface area (Å²) < 4.78 is 0. The average molecular weight is 274 g/mol. The molecule has 2 heterocycles. The van der Waals surface area contributed by atoms with E-state index in [1.807, 2.05) is 12.1 Å². The molecule has 0 saturated carbocycles. The standard InChI is InChI=1S/C14H12ClN3O/c15-11-4-5-16-8-13(11)18-14(19)10-1-2-12-9(7-10)3-6-17-12/h1-2,4-5,7-8,17H,3,6H2,(H,18,19). The van der Waals surface area contributed by atoms with Crippen molar-refractivity contribution in [2.75, 3.05) is 17.2 Å². The number of hydrogen-bond acceptors (Lipinski definition) is 3. The molecule has 3 rings (SSSR count). The lowest BCUT2D eigenvalue weighted by Gasteiger charge is -2.07. The molecule has 2 N–H and O–H groups in total. The number of pyridine rings is 1. The summed E-state index contributed by atoms with van der Waals surface area (Å²) in [6.45, 7) is 0.925.